The minimum absolute atomic E-state index is 0.240. The molecule has 0 atom stereocenters. The molecular weight excluding hydrogens is 416 g/mol. The lowest BCUT2D eigenvalue weighted by Gasteiger charge is -2.33. The molecule has 4 rings (SSSR count). The molecule has 0 aliphatic carbocycles. The third-order valence-corrected chi connectivity index (χ3v) is 5.79. The number of rotatable bonds is 5. The molecule has 1 amide bonds. The van der Waals surface area contributed by atoms with Gasteiger partial charge in [0.05, 0.1) is 18.4 Å². The van der Waals surface area contributed by atoms with Crippen molar-refractivity contribution in [3.05, 3.63) is 66.2 Å². The van der Waals surface area contributed by atoms with Gasteiger partial charge in [0.2, 0.25) is 0 Å². The molecule has 0 bridgehead atoms. The number of ether oxygens (including phenoxy) is 2. The van der Waals surface area contributed by atoms with Crippen LogP contribution in [0, 0.1) is 6.92 Å². The molecule has 1 aromatic carbocycles. The first-order valence-electron chi connectivity index (χ1n) is 11.4. The Hall–Kier alpha value is -3.35. The van der Waals surface area contributed by atoms with Crippen LogP contribution in [-0.2, 0) is 11.3 Å². The van der Waals surface area contributed by atoms with Gasteiger partial charge in [-0.15, -0.1) is 0 Å². The minimum Gasteiger partial charge on any atom is -0.487 e. The summed E-state index contributed by atoms with van der Waals surface area (Å²) in [5.74, 6) is 0.731. The molecule has 1 aliphatic rings. The van der Waals surface area contributed by atoms with Crippen LogP contribution in [0.25, 0.3) is 11.1 Å². The third-order valence-electron chi connectivity index (χ3n) is 5.79. The maximum atomic E-state index is 12.3. The number of hydrogen-bond donors (Lipinski definition) is 0. The Morgan fingerprint density at radius 3 is 2.58 bits per heavy atom. The summed E-state index contributed by atoms with van der Waals surface area (Å²) in [6.45, 7) is 9.59. The van der Waals surface area contributed by atoms with Gasteiger partial charge in [-0.25, -0.2) is 4.79 Å². The second-order valence-corrected chi connectivity index (χ2v) is 9.53. The summed E-state index contributed by atoms with van der Waals surface area (Å²) in [6, 6.07) is 10.5. The van der Waals surface area contributed by atoms with E-state index in [1.54, 1.807) is 11.1 Å². The number of aromatic nitrogens is 3. The number of nitrogens with zero attached hydrogens (tertiary/aromatic N) is 4. The topological polar surface area (TPSA) is 69.5 Å². The lowest BCUT2D eigenvalue weighted by molar-refractivity contribution is 0.0185. The van der Waals surface area contributed by atoms with Crippen LogP contribution in [0.15, 0.2) is 55.1 Å². The SMILES string of the molecule is Cc1ccccc1COc1cncc(-c2cnn(C3CCN(C(=O)OC(C)(C)C)CC3)c2)c1. The molecule has 0 radical (unpaired) electrons. The Balaban J connectivity index is 1.36. The van der Waals surface area contributed by atoms with Gasteiger partial charge in [0.1, 0.15) is 18.0 Å². The van der Waals surface area contributed by atoms with Crippen LogP contribution < -0.4 is 4.74 Å². The predicted octanol–water partition coefficient (Wildman–Crippen LogP) is 5.40. The molecule has 1 saturated heterocycles. The monoisotopic (exact) mass is 448 g/mol. The van der Waals surface area contributed by atoms with Crippen molar-refractivity contribution in [2.24, 2.45) is 0 Å². The number of amides is 1. The number of aryl methyl sites for hydroxylation is 1. The van der Waals surface area contributed by atoms with E-state index in [1.165, 1.54) is 5.56 Å². The average molecular weight is 449 g/mol. The first-order chi connectivity index (χ1) is 15.8. The van der Waals surface area contributed by atoms with Gasteiger partial charge >= 0.3 is 6.09 Å². The lowest BCUT2D eigenvalue weighted by atomic mass is 10.1. The van der Waals surface area contributed by atoms with E-state index in [0.717, 1.165) is 35.3 Å². The van der Waals surface area contributed by atoms with Crippen LogP contribution in [0.4, 0.5) is 4.79 Å². The zero-order valence-corrected chi connectivity index (χ0v) is 19.8. The van der Waals surface area contributed by atoms with E-state index in [1.807, 2.05) is 56.0 Å². The molecule has 1 fully saturated rings. The molecule has 0 unspecified atom stereocenters. The van der Waals surface area contributed by atoms with E-state index in [0.29, 0.717) is 19.7 Å². The second-order valence-electron chi connectivity index (χ2n) is 9.53. The maximum absolute atomic E-state index is 12.3. The Morgan fingerprint density at radius 1 is 1.09 bits per heavy atom. The summed E-state index contributed by atoms with van der Waals surface area (Å²) in [5.41, 5.74) is 3.86. The van der Waals surface area contributed by atoms with E-state index >= 15 is 0 Å². The summed E-state index contributed by atoms with van der Waals surface area (Å²) in [4.78, 5) is 18.4. The van der Waals surface area contributed by atoms with Gasteiger partial charge in [-0.2, -0.15) is 5.10 Å². The minimum atomic E-state index is -0.475. The van der Waals surface area contributed by atoms with Crippen molar-refractivity contribution >= 4 is 6.09 Å². The van der Waals surface area contributed by atoms with E-state index in [4.69, 9.17) is 9.47 Å². The first-order valence-corrected chi connectivity index (χ1v) is 11.4. The van der Waals surface area contributed by atoms with Gasteiger partial charge in [0.15, 0.2) is 0 Å². The molecule has 0 spiro atoms. The fraction of sp³-hybridized carbons (Fsp3) is 0.423. The third kappa shape index (κ3) is 5.92. The molecule has 7 heteroatoms. The van der Waals surface area contributed by atoms with Crippen LogP contribution >= 0.6 is 0 Å². The molecule has 3 aromatic rings. The molecule has 174 valence electrons. The molecule has 7 nitrogen and oxygen atoms in total. The van der Waals surface area contributed by atoms with E-state index in [-0.39, 0.29) is 12.1 Å². The average Bonchev–Trinajstić information content (AvgIpc) is 3.28. The maximum Gasteiger partial charge on any atom is 0.410 e. The number of likely N-dealkylation sites (tertiary alicyclic amines) is 1. The standard InChI is InChI=1S/C26H32N4O3/c1-19-7-5-6-8-20(19)18-32-24-13-21(14-27-16-24)22-15-28-30(17-22)23-9-11-29(12-10-23)25(31)33-26(2,3)4/h5-8,13-17,23H,9-12,18H2,1-4H3. The Morgan fingerprint density at radius 2 is 1.85 bits per heavy atom. The first kappa shape index (κ1) is 22.8. The van der Waals surface area contributed by atoms with Crippen molar-refractivity contribution in [2.45, 2.75) is 58.8 Å². The summed E-state index contributed by atoms with van der Waals surface area (Å²) in [7, 11) is 0. The van der Waals surface area contributed by atoms with E-state index < -0.39 is 5.60 Å². The largest absolute Gasteiger partial charge is 0.487 e. The smallest absolute Gasteiger partial charge is 0.410 e. The fourth-order valence-electron chi connectivity index (χ4n) is 3.92. The Labute approximate surface area is 195 Å². The molecule has 0 N–H and O–H groups in total. The molecule has 3 heterocycles. The predicted molar refractivity (Wildman–Crippen MR) is 127 cm³/mol. The molecule has 1 aliphatic heterocycles. The zero-order chi connectivity index (χ0) is 23.4. The van der Waals surface area contributed by atoms with Crippen LogP contribution in [0.1, 0.15) is 50.8 Å². The normalized spacial score (nSPS) is 14.8. The van der Waals surface area contributed by atoms with Crippen molar-refractivity contribution in [1.82, 2.24) is 19.7 Å². The van der Waals surface area contributed by atoms with Gasteiger partial charge in [-0.05, 0) is 57.7 Å². The van der Waals surface area contributed by atoms with Crippen LogP contribution in [-0.4, -0.2) is 44.4 Å². The number of carbonyl (C=O) groups excluding carboxylic acids is 1. The summed E-state index contributed by atoms with van der Waals surface area (Å²) >= 11 is 0. The van der Waals surface area contributed by atoms with Crippen molar-refractivity contribution in [3.8, 4) is 16.9 Å². The molecule has 2 aromatic heterocycles. The number of piperidine rings is 1. The van der Waals surface area contributed by atoms with Crippen molar-refractivity contribution in [3.63, 3.8) is 0 Å². The van der Waals surface area contributed by atoms with Gasteiger partial charge in [-0.1, -0.05) is 24.3 Å². The van der Waals surface area contributed by atoms with E-state index in [2.05, 4.69) is 35.3 Å². The van der Waals surface area contributed by atoms with Crippen molar-refractivity contribution in [2.75, 3.05) is 13.1 Å². The van der Waals surface area contributed by atoms with Crippen molar-refractivity contribution in [1.29, 1.82) is 0 Å². The molecule has 0 saturated carbocycles. The van der Waals surface area contributed by atoms with Crippen LogP contribution in [0.5, 0.6) is 5.75 Å². The molecule has 33 heavy (non-hydrogen) atoms. The van der Waals surface area contributed by atoms with Gasteiger partial charge < -0.3 is 14.4 Å². The zero-order valence-electron chi connectivity index (χ0n) is 19.8. The molecular formula is C26H32N4O3. The highest BCUT2D eigenvalue weighted by atomic mass is 16.6. The van der Waals surface area contributed by atoms with Crippen LogP contribution in [0.3, 0.4) is 0 Å². The summed E-state index contributed by atoms with van der Waals surface area (Å²) < 4.78 is 13.5. The van der Waals surface area contributed by atoms with Gasteiger partial charge in [-0.3, -0.25) is 9.67 Å². The van der Waals surface area contributed by atoms with E-state index in [9.17, 15) is 4.79 Å². The lowest BCUT2D eigenvalue weighted by Crippen LogP contribution is -2.42. The number of benzene rings is 1. The van der Waals surface area contributed by atoms with Gasteiger partial charge in [0.25, 0.3) is 0 Å². The highest BCUT2D eigenvalue weighted by Gasteiger charge is 2.27. The van der Waals surface area contributed by atoms with Gasteiger partial charge in [0, 0.05) is 36.6 Å². The Kier molecular flexibility index (Phi) is 6.67. The number of pyridine rings is 1. The quantitative estimate of drug-likeness (QED) is 0.522. The highest BCUT2D eigenvalue weighted by molar-refractivity contribution is 5.68. The summed E-state index contributed by atoms with van der Waals surface area (Å²) in [6.07, 6.45) is 8.93. The van der Waals surface area contributed by atoms with Crippen molar-refractivity contribution < 1.29 is 14.3 Å². The second kappa shape index (κ2) is 9.65. The number of hydrogen-bond acceptors (Lipinski definition) is 5. The van der Waals surface area contributed by atoms with Crippen LogP contribution in [0.2, 0.25) is 0 Å². The Bertz CT molecular complexity index is 1090. The number of carbonyl (C=O) groups is 1. The summed E-state index contributed by atoms with van der Waals surface area (Å²) in [5, 5.41) is 4.59. The fourth-order valence-corrected chi connectivity index (χ4v) is 3.92. The highest BCUT2D eigenvalue weighted by Crippen LogP contribution is 2.27.